The lowest BCUT2D eigenvalue weighted by molar-refractivity contribution is 0.213. The molecule has 1 aliphatic rings. The zero-order valence-corrected chi connectivity index (χ0v) is 7.91. The summed E-state index contributed by atoms with van der Waals surface area (Å²) >= 11 is 5.94. The topological polar surface area (TPSA) is 0 Å². The molecule has 0 saturated heterocycles. The first kappa shape index (κ1) is 8.39. The summed E-state index contributed by atoms with van der Waals surface area (Å²) in [4.78, 5) is 0. The molecule has 0 spiro atoms. The summed E-state index contributed by atoms with van der Waals surface area (Å²) in [6, 6.07) is 0. The van der Waals surface area contributed by atoms with Gasteiger partial charge in [0.05, 0.1) is 0 Å². The Morgan fingerprint density at radius 2 is 2.00 bits per heavy atom. The van der Waals surface area contributed by atoms with Gasteiger partial charge >= 0.3 is 0 Å². The van der Waals surface area contributed by atoms with Crippen LogP contribution in [0.5, 0.6) is 0 Å². The number of hydrogen-bond acceptors (Lipinski definition) is 0. The van der Waals surface area contributed by atoms with Crippen molar-refractivity contribution >= 4 is 11.6 Å². The van der Waals surface area contributed by atoms with Crippen molar-refractivity contribution in [3.05, 3.63) is 0 Å². The zero-order valence-electron chi connectivity index (χ0n) is 7.15. The summed E-state index contributed by atoms with van der Waals surface area (Å²) < 4.78 is 0. The van der Waals surface area contributed by atoms with E-state index in [9.17, 15) is 0 Å². The molecule has 0 bridgehead atoms. The standard InChI is InChI=1S/C9H17Cl/c1-7(2)9(3,6-10)8-4-5-8/h7-8H,4-6H2,1-3H3. The van der Waals surface area contributed by atoms with Gasteiger partial charge in [0.1, 0.15) is 0 Å². The van der Waals surface area contributed by atoms with Gasteiger partial charge in [-0.3, -0.25) is 0 Å². The summed E-state index contributed by atoms with van der Waals surface area (Å²) in [7, 11) is 0. The normalized spacial score (nSPS) is 24.9. The molecule has 0 amide bonds. The highest BCUT2D eigenvalue weighted by atomic mass is 35.5. The third-order valence-corrected chi connectivity index (χ3v) is 3.69. The van der Waals surface area contributed by atoms with Crippen LogP contribution in [0.3, 0.4) is 0 Å². The second kappa shape index (κ2) is 2.73. The Bertz CT molecular complexity index is 112. The lowest BCUT2D eigenvalue weighted by Gasteiger charge is -2.31. The maximum absolute atomic E-state index is 5.94. The monoisotopic (exact) mass is 160 g/mol. The van der Waals surface area contributed by atoms with Gasteiger partial charge in [-0.1, -0.05) is 20.8 Å². The first-order valence-corrected chi connectivity index (χ1v) is 4.70. The molecular weight excluding hydrogens is 144 g/mol. The molecule has 0 aliphatic heterocycles. The number of alkyl halides is 1. The largest absolute Gasteiger partial charge is 0.126 e. The third kappa shape index (κ3) is 1.32. The summed E-state index contributed by atoms with van der Waals surface area (Å²) in [5.41, 5.74) is 0.418. The second-order valence-corrected chi connectivity index (χ2v) is 4.34. The van der Waals surface area contributed by atoms with Crippen LogP contribution >= 0.6 is 11.6 Å². The van der Waals surface area contributed by atoms with Gasteiger partial charge < -0.3 is 0 Å². The molecule has 1 atom stereocenters. The molecule has 1 heteroatoms. The van der Waals surface area contributed by atoms with Crippen LogP contribution in [0.4, 0.5) is 0 Å². The number of halogens is 1. The van der Waals surface area contributed by atoms with Crippen LogP contribution in [0.2, 0.25) is 0 Å². The second-order valence-electron chi connectivity index (χ2n) is 4.07. The molecule has 1 fully saturated rings. The average molecular weight is 161 g/mol. The van der Waals surface area contributed by atoms with Gasteiger partial charge in [-0.2, -0.15) is 0 Å². The minimum absolute atomic E-state index is 0.418. The first-order valence-electron chi connectivity index (χ1n) is 4.17. The van der Waals surface area contributed by atoms with Crippen LogP contribution in [-0.2, 0) is 0 Å². The highest BCUT2D eigenvalue weighted by Gasteiger charge is 2.42. The van der Waals surface area contributed by atoms with E-state index in [1.807, 2.05) is 0 Å². The molecule has 0 aromatic carbocycles. The van der Waals surface area contributed by atoms with E-state index in [0.29, 0.717) is 5.41 Å². The zero-order chi connectivity index (χ0) is 7.78. The van der Waals surface area contributed by atoms with Crippen LogP contribution in [0.1, 0.15) is 33.6 Å². The average Bonchev–Trinajstić information content (AvgIpc) is 2.67. The van der Waals surface area contributed by atoms with Crippen molar-refractivity contribution in [3.8, 4) is 0 Å². The predicted octanol–water partition coefficient (Wildman–Crippen LogP) is 3.30. The Balaban J connectivity index is 2.56. The fraction of sp³-hybridized carbons (Fsp3) is 1.00. The van der Waals surface area contributed by atoms with Gasteiger partial charge in [0.25, 0.3) is 0 Å². The summed E-state index contributed by atoms with van der Waals surface area (Å²) in [6.45, 7) is 6.88. The van der Waals surface area contributed by atoms with E-state index in [0.717, 1.165) is 17.7 Å². The van der Waals surface area contributed by atoms with E-state index >= 15 is 0 Å². The Kier molecular flexibility index (Phi) is 2.29. The fourth-order valence-electron chi connectivity index (χ4n) is 1.48. The van der Waals surface area contributed by atoms with Crippen molar-refractivity contribution in [1.29, 1.82) is 0 Å². The molecule has 60 valence electrons. The molecule has 0 aromatic heterocycles. The molecule has 0 N–H and O–H groups in total. The first-order chi connectivity index (χ1) is 4.61. The molecule has 0 heterocycles. The van der Waals surface area contributed by atoms with Crippen LogP contribution in [0.15, 0.2) is 0 Å². The van der Waals surface area contributed by atoms with Crippen molar-refractivity contribution in [2.45, 2.75) is 33.6 Å². The Labute approximate surface area is 69.0 Å². The van der Waals surface area contributed by atoms with E-state index in [-0.39, 0.29) is 0 Å². The minimum atomic E-state index is 0.418. The minimum Gasteiger partial charge on any atom is -0.126 e. The van der Waals surface area contributed by atoms with Gasteiger partial charge in [0.2, 0.25) is 0 Å². The van der Waals surface area contributed by atoms with Crippen molar-refractivity contribution in [3.63, 3.8) is 0 Å². The molecular formula is C9H17Cl. The lowest BCUT2D eigenvalue weighted by Crippen LogP contribution is -2.27. The van der Waals surface area contributed by atoms with Crippen LogP contribution in [0.25, 0.3) is 0 Å². The predicted molar refractivity (Wildman–Crippen MR) is 46.4 cm³/mol. The Morgan fingerprint density at radius 3 is 2.10 bits per heavy atom. The fourth-order valence-corrected chi connectivity index (χ4v) is 2.00. The van der Waals surface area contributed by atoms with Gasteiger partial charge in [-0.05, 0) is 30.1 Å². The van der Waals surface area contributed by atoms with Gasteiger partial charge in [0, 0.05) is 5.88 Å². The van der Waals surface area contributed by atoms with Gasteiger partial charge in [-0.15, -0.1) is 11.6 Å². The quantitative estimate of drug-likeness (QED) is 0.556. The molecule has 0 nitrogen and oxygen atoms in total. The van der Waals surface area contributed by atoms with Crippen LogP contribution in [-0.4, -0.2) is 5.88 Å². The van der Waals surface area contributed by atoms with Gasteiger partial charge in [0.15, 0.2) is 0 Å². The van der Waals surface area contributed by atoms with Crippen molar-refractivity contribution in [2.24, 2.45) is 17.3 Å². The molecule has 1 saturated carbocycles. The SMILES string of the molecule is CC(C)C(C)(CCl)C1CC1. The Hall–Kier alpha value is 0.290. The van der Waals surface area contributed by atoms with Crippen LogP contribution in [0, 0.1) is 17.3 Å². The van der Waals surface area contributed by atoms with Crippen molar-refractivity contribution in [2.75, 3.05) is 5.88 Å². The van der Waals surface area contributed by atoms with E-state index < -0.39 is 0 Å². The third-order valence-electron chi connectivity index (χ3n) is 3.12. The molecule has 0 radical (unpaired) electrons. The molecule has 1 unspecified atom stereocenters. The van der Waals surface area contributed by atoms with E-state index in [1.165, 1.54) is 12.8 Å². The lowest BCUT2D eigenvalue weighted by atomic mass is 9.76. The number of hydrogen-bond donors (Lipinski definition) is 0. The van der Waals surface area contributed by atoms with E-state index in [1.54, 1.807) is 0 Å². The van der Waals surface area contributed by atoms with E-state index in [2.05, 4.69) is 20.8 Å². The highest BCUT2D eigenvalue weighted by molar-refractivity contribution is 6.18. The maximum atomic E-state index is 5.94. The molecule has 10 heavy (non-hydrogen) atoms. The maximum Gasteiger partial charge on any atom is 0.0282 e. The molecule has 0 aromatic rings. The highest BCUT2D eigenvalue weighted by Crippen LogP contribution is 2.50. The number of rotatable bonds is 3. The summed E-state index contributed by atoms with van der Waals surface area (Å²) in [5, 5.41) is 0. The van der Waals surface area contributed by atoms with Crippen molar-refractivity contribution < 1.29 is 0 Å². The summed E-state index contributed by atoms with van der Waals surface area (Å²) in [5.74, 6) is 2.48. The van der Waals surface area contributed by atoms with E-state index in [4.69, 9.17) is 11.6 Å². The smallest absolute Gasteiger partial charge is 0.0282 e. The summed E-state index contributed by atoms with van der Waals surface area (Å²) in [6.07, 6.45) is 2.81. The van der Waals surface area contributed by atoms with Crippen LogP contribution < -0.4 is 0 Å². The molecule has 1 aliphatic carbocycles. The Morgan fingerprint density at radius 1 is 1.50 bits per heavy atom. The van der Waals surface area contributed by atoms with Gasteiger partial charge in [-0.25, -0.2) is 0 Å². The molecule has 1 rings (SSSR count). The van der Waals surface area contributed by atoms with Crippen molar-refractivity contribution in [1.82, 2.24) is 0 Å².